The second-order valence-electron chi connectivity index (χ2n) is 6.97. The molecular weight excluding hydrogens is 374 g/mol. The molecule has 0 spiro atoms. The van der Waals surface area contributed by atoms with Crippen LogP contribution in [0.25, 0.3) is 5.69 Å². The molecule has 0 aliphatic carbocycles. The highest BCUT2D eigenvalue weighted by Gasteiger charge is 2.19. The predicted octanol–water partition coefficient (Wildman–Crippen LogP) is 4.88. The van der Waals surface area contributed by atoms with Crippen molar-refractivity contribution in [3.63, 3.8) is 0 Å². The molecule has 0 saturated carbocycles. The summed E-state index contributed by atoms with van der Waals surface area (Å²) in [6.07, 6.45) is 1.14. The van der Waals surface area contributed by atoms with Crippen molar-refractivity contribution in [1.29, 1.82) is 0 Å². The van der Waals surface area contributed by atoms with E-state index in [0.29, 0.717) is 29.1 Å². The Morgan fingerprint density at radius 1 is 1.11 bits per heavy atom. The first-order valence-corrected chi connectivity index (χ1v) is 9.49. The number of nitrogens with zero attached hydrogens (tertiary/aromatic N) is 1. The normalized spacial score (nSPS) is 13.0. The zero-order valence-electron chi connectivity index (χ0n) is 15.7. The van der Waals surface area contributed by atoms with Gasteiger partial charge in [0.15, 0.2) is 0 Å². The molecule has 0 unspecified atom stereocenters. The number of anilines is 2. The Hall–Kier alpha value is -3.05. The molecule has 142 valence electrons. The molecule has 1 aromatic heterocycles. The van der Waals surface area contributed by atoms with Gasteiger partial charge >= 0.3 is 0 Å². The van der Waals surface area contributed by atoms with Crippen molar-refractivity contribution in [2.45, 2.75) is 26.7 Å². The first-order valence-electron chi connectivity index (χ1n) is 9.11. The molecule has 0 saturated heterocycles. The summed E-state index contributed by atoms with van der Waals surface area (Å²) >= 11 is 6.12. The Balaban J connectivity index is 1.61. The number of nitrogens with one attached hydrogen (secondary N) is 2. The van der Waals surface area contributed by atoms with Crippen molar-refractivity contribution in [2.24, 2.45) is 0 Å². The van der Waals surface area contributed by atoms with Gasteiger partial charge in [-0.3, -0.25) is 9.59 Å². The fourth-order valence-electron chi connectivity index (χ4n) is 3.66. The van der Waals surface area contributed by atoms with Crippen molar-refractivity contribution in [2.75, 3.05) is 10.6 Å². The van der Waals surface area contributed by atoms with Crippen LogP contribution in [0, 0.1) is 13.8 Å². The molecule has 1 aliphatic heterocycles. The summed E-state index contributed by atoms with van der Waals surface area (Å²) in [5.74, 6) is -0.140. The maximum absolute atomic E-state index is 12.9. The van der Waals surface area contributed by atoms with Crippen LogP contribution in [0.2, 0.25) is 5.02 Å². The molecule has 0 bridgehead atoms. The molecule has 2 heterocycles. The van der Waals surface area contributed by atoms with E-state index in [9.17, 15) is 9.59 Å². The summed E-state index contributed by atoms with van der Waals surface area (Å²) in [5, 5.41) is 6.47. The minimum atomic E-state index is -0.166. The van der Waals surface area contributed by atoms with Crippen LogP contribution in [0.1, 0.15) is 33.7 Å². The van der Waals surface area contributed by atoms with Crippen LogP contribution >= 0.6 is 11.6 Å². The van der Waals surface area contributed by atoms with Crippen LogP contribution in [0.3, 0.4) is 0 Å². The minimum absolute atomic E-state index is 0.0257. The average molecular weight is 394 g/mol. The molecule has 5 nitrogen and oxygen atoms in total. The molecule has 6 heteroatoms. The summed E-state index contributed by atoms with van der Waals surface area (Å²) in [7, 11) is 0. The lowest BCUT2D eigenvalue weighted by Gasteiger charge is -2.17. The molecular formula is C22H20ClN3O2. The lowest BCUT2D eigenvalue weighted by atomic mass is 10.0. The highest BCUT2D eigenvalue weighted by Crippen LogP contribution is 2.27. The number of aryl methyl sites for hydroxylation is 2. The number of carbonyl (C=O) groups excluding carboxylic acids is 2. The van der Waals surface area contributed by atoms with Gasteiger partial charge in [0.05, 0.1) is 5.56 Å². The largest absolute Gasteiger partial charge is 0.326 e. The summed E-state index contributed by atoms with van der Waals surface area (Å²) in [4.78, 5) is 24.4. The number of rotatable bonds is 3. The van der Waals surface area contributed by atoms with Gasteiger partial charge in [-0.25, -0.2) is 0 Å². The lowest BCUT2D eigenvalue weighted by molar-refractivity contribution is -0.116. The third kappa shape index (κ3) is 3.41. The van der Waals surface area contributed by atoms with Gasteiger partial charge in [0.25, 0.3) is 5.91 Å². The van der Waals surface area contributed by atoms with Gasteiger partial charge in [-0.2, -0.15) is 0 Å². The molecule has 0 fully saturated rings. The molecule has 28 heavy (non-hydrogen) atoms. The Morgan fingerprint density at radius 3 is 2.71 bits per heavy atom. The molecule has 4 rings (SSSR count). The standard InChI is InChI=1S/C22H20ClN3O2/c1-13-10-19(14(2)26(13)18-5-3-4-16(23)12-18)22(28)24-17-7-8-20-15(11-17)6-9-21(27)25-20/h3-5,7-8,10-12H,6,9H2,1-2H3,(H,24,28)(H,25,27). The predicted molar refractivity (Wildman–Crippen MR) is 112 cm³/mol. The Kier molecular flexibility index (Phi) is 4.69. The van der Waals surface area contributed by atoms with E-state index in [2.05, 4.69) is 10.6 Å². The highest BCUT2D eigenvalue weighted by molar-refractivity contribution is 6.30. The van der Waals surface area contributed by atoms with Crippen LogP contribution in [0.5, 0.6) is 0 Å². The quantitative estimate of drug-likeness (QED) is 0.665. The zero-order chi connectivity index (χ0) is 19.8. The number of amides is 2. The van der Waals surface area contributed by atoms with E-state index in [4.69, 9.17) is 11.6 Å². The van der Waals surface area contributed by atoms with E-state index in [1.807, 2.05) is 60.9 Å². The van der Waals surface area contributed by atoms with E-state index in [-0.39, 0.29) is 11.8 Å². The number of halogens is 1. The number of hydrogen-bond donors (Lipinski definition) is 2. The molecule has 2 N–H and O–H groups in total. The third-order valence-electron chi connectivity index (χ3n) is 5.00. The SMILES string of the molecule is Cc1cc(C(=O)Nc2ccc3c(c2)CCC(=O)N3)c(C)n1-c1cccc(Cl)c1. The molecule has 2 amide bonds. The molecule has 3 aromatic rings. The van der Waals surface area contributed by atoms with Gasteiger partial charge in [-0.1, -0.05) is 17.7 Å². The second-order valence-corrected chi connectivity index (χ2v) is 7.41. The second kappa shape index (κ2) is 7.17. The van der Waals surface area contributed by atoms with Crippen molar-refractivity contribution < 1.29 is 9.59 Å². The summed E-state index contributed by atoms with van der Waals surface area (Å²) < 4.78 is 2.02. The Bertz CT molecular complexity index is 1100. The van der Waals surface area contributed by atoms with Gasteiger partial charge < -0.3 is 15.2 Å². The first kappa shape index (κ1) is 18.3. The van der Waals surface area contributed by atoms with Crippen LogP contribution in [0.4, 0.5) is 11.4 Å². The minimum Gasteiger partial charge on any atom is -0.326 e. The Labute approximate surface area is 168 Å². The van der Waals surface area contributed by atoms with Crippen molar-refractivity contribution in [1.82, 2.24) is 4.57 Å². The van der Waals surface area contributed by atoms with Gasteiger partial charge in [-0.15, -0.1) is 0 Å². The molecule has 1 aliphatic rings. The van der Waals surface area contributed by atoms with Gasteiger partial charge in [0.2, 0.25) is 5.91 Å². The van der Waals surface area contributed by atoms with Crippen LogP contribution in [-0.4, -0.2) is 16.4 Å². The van der Waals surface area contributed by atoms with Gasteiger partial charge in [-0.05, 0) is 68.3 Å². The number of carbonyl (C=O) groups is 2. The lowest BCUT2D eigenvalue weighted by Crippen LogP contribution is -2.19. The fraction of sp³-hybridized carbons (Fsp3) is 0.182. The monoisotopic (exact) mass is 393 g/mol. The molecule has 0 radical (unpaired) electrons. The number of hydrogen-bond acceptors (Lipinski definition) is 2. The highest BCUT2D eigenvalue weighted by atomic mass is 35.5. The van der Waals surface area contributed by atoms with Crippen LogP contribution in [0.15, 0.2) is 48.5 Å². The number of aromatic nitrogens is 1. The Morgan fingerprint density at radius 2 is 1.93 bits per heavy atom. The smallest absolute Gasteiger partial charge is 0.257 e. The molecule has 2 aromatic carbocycles. The van der Waals surface area contributed by atoms with Crippen LogP contribution < -0.4 is 10.6 Å². The van der Waals surface area contributed by atoms with Gasteiger partial charge in [0, 0.05) is 39.9 Å². The topological polar surface area (TPSA) is 63.1 Å². The van der Waals surface area contributed by atoms with E-state index >= 15 is 0 Å². The van der Waals surface area contributed by atoms with Crippen molar-refractivity contribution in [3.05, 3.63) is 76.1 Å². The third-order valence-corrected chi connectivity index (χ3v) is 5.24. The van der Waals surface area contributed by atoms with E-state index in [0.717, 1.165) is 28.3 Å². The van der Waals surface area contributed by atoms with E-state index in [1.165, 1.54) is 0 Å². The summed E-state index contributed by atoms with van der Waals surface area (Å²) in [5.41, 5.74) is 5.90. The average Bonchev–Trinajstić information content (AvgIpc) is 2.96. The summed E-state index contributed by atoms with van der Waals surface area (Å²) in [6, 6.07) is 15.0. The maximum atomic E-state index is 12.9. The van der Waals surface area contributed by atoms with Crippen molar-refractivity contribution in [3.8, 4) is 5.69 Å². The van der Waals surface area contributed by atoms with Crippen LogP contribution in [-0.2, 0) is 11.2 Å². The van der Waals surface area contributed by atoms with E-state index in [1.54, 1.807) is 6.07 Å². The first-order chi connectivity index (χ1) is 13.4. The molecule has 0 atom stereocenters. The number of benzene rings is 2. The fourth-order valence-corrected chi connectivity index (χ4v) is 3.85. The number of fused-ring (bicyclic) bond motifs is 1. The summed E-state index contributed by atoms with van der Waals surface area (Å²) in [6.45, 7) is 3.89. The van der Waals surface area contributed by atoms with E-state index < -0.39 is 0 Å². The maximum Gasteiger partial charge on any atom is 0.257 e. The van der Waals surface area contributed by atoms with Crippen molar-refractivity contribution >= 4 is 34.8 Å². The zero-order valence-corrected chi connectivity index (χ0v) is 16.4. The van der Waals surface area contributed by atoms with Gasteiger partial charge in [0.1, 0.15) is 0 Å².